The number of carbonyl (C=O) groups is 2. The smallest absolute Gasteiger partial charge is 0.247 e. The van der Waals surface area contributed by atoms with Crippen molar-refractivity contribution in [1.82, 2.24) is 14.7 Å². The summed E-state index contributed by atoms with van der Waals surface area (Å²) in [5.74, 6) is 6.12. The van der Waals surface area contributed by atoms with Crippen molar-refractivity contribution >= 4 is 23.2 Å². The van der Waals surface area contributed by atoms with Gasteiger partial charge in [0.05, 0.1) is 0 Å². The maximum absolute atomic E-state index is 14.0. The molecule has 0 saturated carbocycles. The zero-order chi connectivity index (χ0) is 27.2. The Bertz CT molecular complexity index is 1340. The molecule has 2 saturated heterocycles. The number of amides is 2. The number of hydrogen-bond donors (Lipinski definition) is 2. The van der Waals surface area contributed by atoms with Crippen LogP contribution in [0.5, 0.6) is 0 Å². The Balaban J connectivity index is 1.27. The number of carbonyl (C=O) groups excluding carboxylic acids is 2. The SMILES string of the molecule is CN1CCN(C(C(=O)N2CCC[C@H]2C(=O)Nc2ccc(C#Cc3ccc(N)cc3)cc2)c2ccccc2)CC1. The minimum Gasteiger partial charge on any atom is -0.399 e. The second kappa shape index (κ2) is 12.2. The van der Waals surface area contributed by atoms with E-state index in [9.17, 15) is 9.59 Å². The fourth-order valence-electron chi connectivity index (χ4n) is 5.26. The molecule has 200 valence electrons. The molecule has 1 unspecified atom stereocenters. The van der Waals surface area contributed by atoms with E-state index in [4.69, 9.17) is 5.73 Å². The number of rotatable bonds is 5. The molecule has 2 amide bonds. The number of piperazine rings is 1. The van der Waals surface area contributed by atoms with Crippen LogP contribution < -0.4 is 11.1 Å². The van der Waals surface area contributed by atoms with Crippen LogP contribution in [-0.2, 0) is 9.59 Å². The second-order valence-corrected chi connectivity index (χ2v) is 10.3. The average molecular weight is 522 g/mol. The highest BCUT2D eigenvalue weighted by Crippen LogP contribution is 2.29. The van der Waals surface area contributed by atoms with E-state index >= 15 is 0 Å². The molecule has 0 radical (unpaired) electrons. The molecular weight excluding hydrogens is 486 g/mol. The Morgan fingerprint density at radius 2 is 1.46 bits per heavy atom. The van der Waals surface area contributed by atoms with Gasteiger partial charge in [0.25, 0.3) is 0 Å². The Morgan fingerprint density at radius 3 is 2.10 bits per heavy atom. The number of hydrogen-bond acceptors (Lipinski definition) is 5. The Morgan fingerprint density at radius 1 is 0.846 bits per heavy atom. The molecule has 3 aromatic carbocycles. The lowest BCUT2D eigenvalue weighted by atomic mass is 10.0. The topological polar surface area (TPSA) is 81.9 Å². The van der Waals surface area contributed by atoms with Crippen molar-refractivity contribution in [2.45, 2.75) is 24.9 Å². The van der Waals surface area contributed by atoms with Gasteiger partial charge in [-0.25, -0.2) is 0 Å². The fraction of sp³-hybridized carbons (Fsp3) is 0.312. The minimum absolute atomic E-state index is 0.0108. The summed E-state index contributed by atoms with van der Waals surface area (Å²) in [6.07, 6.45) is 1.47. The zero-order valence-corrected chi connectivity index (χ0v) is 22.3. The molecule has 0 spiro atoms. The predicted octanol–water partition coefficient (Wildman–Crippen LogP) is 3.59. The number of nitrogens with two attached hydrogens (primary N) is 1. The fourth-order valence-corrected chi connectivity index (χ4v) is 5.26. The summed E-state index contributed by atoms with van der Waals surface area (Å²) in [7, 11) is 2.11. The number of likely N-dealkylation sites (tertiary alicyclic amines) is 1. The van der Waals surface area contributed by atoms with Crippen molar-refractivity contribution in [3.63, 3.8) is 0 Å². The monoisotopic (exact) mass is 521 g/mol. The van der Waals surface area contributed by atoms with Gasteiger partial charge in [0.2, 0.25) is 11.8 Å². The lowest BCUT2D eigenvalue weighted by molar-refractivity contribution is -0.142. The maximum Gasteiger partial charge on any atom is 0.247 e. The number of nitrogens with zero attached hydrogens (tertiary/aromatic N) is 3. The van der Waals surface area contributed by atoms with Crippen LogP contribution in [0.1, 0.15) is 35.6 Å². The van der Waals surface area contributed by atoms with Crippen LogP contribution in [0.25, 0.3) is 0 Å². The molecule has 2 fully saturated rings. The quantitative estimate of drug-likeness (QED) is 0.396. The summed E-state index contributed by atoms with van der Waals surface area (Å²) >= 11 is 0. The number of nitrogen functional groups attached to an aromatic ring is 1. The van der Waals surface area contributed by atoms with Crippen molar-refractivity contribution in [3.05, 3.63) is 95.6 Å². The summed E-state index contributed by atoms with van der Waals surface area (Å²) in [6.45, 7) is 4.07. The van der Waals surface area contributed by atoms with E-state index in [0.29, 0.717) is 24.3 Å². The van der Waals surface area contributed by atoms with Gasteiger partial charge in [0.1, 0.15) is 12.1 Å². The molecule has 39 heavy (non-hydrogen) atoms. The van der Waals surface area contributed by atoms with E-state index in [1.54, 1.807) is 4.90 Å². The van der Waals surface area contributed by atoms with Crippen molar-refractivity contribution in [2.75, 3.05) is 50.8 Å². The lowest BCUT2D eigenvalue weighted by Gasteiger charge is -2.39. The first-order valence-corrected chi connectivity index (χ1v) is 13.5. The van der Waals surface area contributed by atoms with Gasteiger partial charge in [-0.05, 0) is 74.0 Å². The van der Waals surface area contributed by atoms with Gasteiger partial charge in [-0.15, -0.1) is 0 Å². The van der Waals surface area contributed by atoms with Crippen molar-refractivity contribution in [1.29, 1.82) is 0 Å². The Hall–Kier alpha value is -4.12. The first-order chi connectivity index (χ1) is 19.0. The normalized spacial score (nSPS) is 18.7. The van der Waals surface area contributed by atoms with Crippen molar-refractivity contribution in [3.8, 4) is 11.8 Å². The first kappa shape index (κ1) is 26.5. The van der Waals surface area contributed by atoms with Crippen LogP contribution in [-0.4, -0.2) is 72.3 Å². The summed E-state index contributed by atoms with van der Waals surface area (Å²) in [5, 5.41) is 3.02. The molecule has 3 N–H and O–H groups in total. The van der Waals surface area contributed by atoms with E-state index in [1.807, 2.05) is 78.9 Å². The highest BCUT2D eigenvalue weighted by Gasteiger charge is 2.40. The maximum atomic E-state index is 14.0. The molecule has 2 aliphatic rings. The number of likely N-dealkylation sites (N-methyl/N-ethyl adjacent to an activating group) is 1. The molecule has 2 aliphatic heterocycles. The van der Waals surface area contributed by atoms with Gasteiger partial charge in [-0.2, -0.15) is 0 Å². The first-order valence-electron chi connectivity index (χ1n) is 13.5. The number of anilines is 2. The van der Waals surface area contributed by atoms with Crippen LogP contribution in [0.2, 0.25) is 0 Å². The molecule has 2 atom stereocenters. The van der Waals surface area contributed by atoms with Crippen molar-refractivity contribution in [2.24, 2.45) is 0 Å². The van der Waals surface area contributed by atoms with Crippen LogP contribution in [0.3, 0.4) is 0 Å². The van der Waals surface area contributed by atoms with Crippen molar-refractivity contribution < 1.29 is 9.59 Å². The highest BCUT2D eigenvalue weighted by atomic mass is 16.2. The largest absolute Gasteiger partial charge is 0.399 e. The van der Waals surface area contributed by atoms with Crippen LogP contribution in [0.15, 0.2) is 78.9 Å². The molecule has 0 bridgehead atoms. The van der Waals surface area contributed by atoms with Gasteiger partial charge in [-0.3, -0.25) is 14.5 Å². The van der Waals surface area contributed by atoms with Gasteiger partial charge in [0, 0.05) is 55.2 Å². The molecule has 5 rings (SSSR count). The Kier molecular flexibility index (Phi) is 8.26. The minimum atomic E-state index is -0.485. The number of nitrogens with one attached hydrogen (secondary N) is 1. The predicted molar refractivity (Wildman–Crippen MR) is 155 cm³/mol. The van der Waals surface area contributed by atoms with Crippen LogP contribution in [0, 0.1) is 11.8 Å². The lowest BCUT2D eigenvalue weighted by Crippen LogP contribution is -2.52. The molecule has 3 aromatic rings. The molecule has 2 heterocycles. The van der Waals surface area contributed by atoms with E-state index in [2.05, 4.69) is 34.0 Å². The van der Waals surface area contributed by atoms with Gasteiger partial charge in [0.15, 0.2) is 0 Å². The molecule has 0 aromatic heterocycles. The third-order valence-electron chi connectivity index (χ3n) is 7.51. The molecule has 7 nitrogen and oxygen atoms in total. The third kappa shape index (κ3) is 6.48. The van der Waals surface area contributed by atoms with E-state index in [0.717, 1.165) is 49.3 Å². The van der Waals surface area contributed by atoms with E-state index in [-0.39, 0.29) is 17.9 Å². The summed E-state index contributed by atoms with van der Waals surface area (Å²) in [4.78, 5) is 33.7. The average Bonchev–Trinajstić information content (AvgIpc) is 3.46. The molecule has 0 aliphatic carbocycles. The standard InChI is InChI=1S/C32H35N5O2/c1-35-20-22-36(23-21-35)30(26-6-3-2-4-7-26)32(39)37-19-5-8-29(37)31(38)34-28-17-13-25(14-18-28)10-9-24-11-15-27(33)16-12-24/h2-4,6-7,11-18,29-30H,5,8,19-23,33H2,1H3,(H,34,38)/t29-,30?/m0/s1. The van der Waals surface area contributed by atoms with Gasteiger partial charge >= 0.3 is 0 Å². The summed E-state index contributed by atoms with van der Waals surface area (Å²) in [5.41, 5.74) is 9.84. The highest BCUT2D eigenvalue weighted by molar-refractivity contribution is 5.98. The zero-order valence-electron chi connectivity index (χ0n) is 22.3. The summed E-state index contributed by atoms with van der Waals surface area (Å²) < 4.78 is 0. The van der Waals surface area contributed by atoms with Gasteiger partial charge in [-0.1, -0.05) is 42.2 Å². The molecular formula is C32H35N5O2. The third-order valence-corrected chi connectivity index (χ3v) is 7.51. The van der Waals surface area contributed by atoms with E-state index in [1.165, 1.54) is 0 Å². The Labute approximate surface area is 230 Å². The van der Waals surface area contributed by atoms with Crippen LogP contribution in [0.4, 0.5) is 11.4 Å². The second-order valence-electron chi connectivity index (χ2n) is 10.3. The summed E-state index contributed by atoms with van der Waals surface area (Å²) in [6, 6.07) is 24.0. The van der Waals surface area contributed by atoms with E-state index < -0.39 is 6.04 Å². The van der Waals surface area contributed by atoms with Crippen LogP contribution >= 0.6 is 0 Å². The van der Waals surface area contributed by atoms with Gasteiger partial charge < -0.3 is 20.9 Å². The number of benzene rings is 3. The molecule has 7 heteroatoms.